The molecular weight excluding hydrogens is 398 g/mol. The molecule has 0 bridgehead atoms. The zero-order chi connectivity index (χ0) is 18.4. The van der Waals surface area contributed by atoms with Crippen molar-refractivity contribution >= 4 is 40.5 Å². The van der Waals surface area contributed by atoms with Crippen molar-refractivity contribution < 1.29 is 24.3 Å². The molecule has 0 aromatic carbocycles. The van der Waals surface area contributed by atoms with E-state index in [1.165, 1.54) is 0 Å². The van der Waals surface area contributed by atoms with Gasteiger partial charge in [-0.25, -0.2) is 20.0 Å². The normalized spacial score (nSPS) is 24.3. The number of aliphatic imine (C=N–C) groups is 4. The molecule has 4 aliphatic rings. The van der Waals surface area contributed by atoms with Crippen molar-refractivity contribution in [2.24, 2.45) is 31.4 Å². The van der Waals surface area contributed by atoms with Gasteiger partial charge in [0.25, 0.3) is 5.78 Å². The Balaban J connectivity index is 0.00000210. The van der Waals surface area contributed by atoms with Gasteiger partial charge < -0.3 is 11.5 Å². The number of carbonyl (C=O) groups is 1. The molecule has 130 valence electrons. The van der Waals surface area contributed by atoms with Gasteiger partial charge in [-0.15, -0.1) is 0 Å². The van der Waals surface area contributed by atoms with Gasteiger partial charge in [0.2, 0.25) is 11.7 Å². The van der Waals surface area contributed by atoms with Crippen molar-refractivity contribution in [2.75, 3.05) is 0 Å². The van der Waals surface area contributed by atoms with Crippen molar-refractivity contribution in [1.29, 1.82) is 10.8 Å². The fourth-order valence-corrected chi connectivity index (χ4v) is 2.81. The third-order valence-electron chi connectivity index (χ3n) is 4.15. The maximum Gasteiger partial charge on any atom is 0.266 e. The van der Waals surface area contributed by atoms with E-state index in [0.29, 0.717) is 22.6 Å². The predicted molar refractivity (Wildman–Crippen MR) is 101 cm³/mol. The summed E-state index contributed by atoms with van der Waals surface area (Å²) in [4.78, 5) is 29.7. The Morgan fingerprint density at radius 3 is 1.63 bits per heavy atom. The summed E-state index contributed by atoms with van der Waals surface area (Å²) in [5.41, 5.74) is 13.1. The largest absolute Gasteiger partial charge is 0.384 e. The molecule has 0 radical (unpaired) electrons. The Morgan fingerprint density at radius 1 is 0.852 bits per heavy atom. The fourth-order valence-electron chi connectivity index (χ4n) is 2.81. The molecule has 27 heavy (non-hydrogen) atoms. The summed E-state index contributed by atoms with van der Waals surface area (Å²) < 4.78 is 0. The van der Waals surface area contributed by atoms with Gasteiger partial charge in [-0.1, -0.05) is 24.3 Å². The molecule has 2 unspecified atom stereocenters. The third kappa shape index (κ3) is 3.31. The average Bonchev–Trinajstić information content (AvgIpc) is 3.23. The van der Waals surface area contributed by atoms with Crippen molar-refractivity contribution in [3.05, 3.63) is 47.6 Å². The molecule has 0 aromatic rings. The van der Waals surface area contributed by atoms with Gasteiger partial charge in [-0.05, 0) is 12.2 Å². The van der Waals surface area contributed by atoms with Crippen LogP contribution in [0.5, 0.6) is 0 Å². The molecule has 0 saturated carbocycles. The number of fused-ring (bicyclic) bond motifs is 2. The quantitative estimate of drug-likeness (QED) is 0.287. The number of amidine groups is 4. The molecule has 0 spiro atoms. The zero-order valence-electron chi connectivity index (χ0n) is 14.2. The number of nitrogens with zero attached hydrogens (tertiary/aromatic N) is 4. The van der Waals surface area contributed by atoms with E-state index in [1.807, 2.05) is 0 Å². The molecule has 0 saturated heterocycles. The van der Waals surface area contributed by atoms with E-state index in [2.05, 4.69) is 20.0 Å². The van der Waals surface area contributed by atoms with Gasteiger partial charge in [0.05, 0.1) is 11.4 Å². The van der Waals surface area contributed by atoms with E-state index in [4.69, 9.17) is 22.3 Å². The van der Waals surface area contributed by atoms with Crippen LogP contribution < -0.4 is 11.5 Å². The summed E-state index contributed by atoms with van der Waals surface area (Å²) in [7, 11) is 0. The first-order valence-electron chi connectivity index (χ1n) is 7.78. The number of rotatable bonds is 4. The van der Waals surface area contributed by atoms with Crippen LogP contribution in [-0.2, 0) is 24.3 Å². The summed E-state index contributed by atoms with van der Waals surface area (Å²) in [6.07, 6.45) is 10.1. The molecular formula is C17H14N8OZn. The Bertz CT molecular complexity index is 942. The Hall–Kier alpha value is -3.13. The van der Waals surface area contributed by atoms with E-state index in [1.54, 1.807) is 36.5 Å². The maximum absolute atomic E-state index is 12.7. The molecule has 2 aliphatic carbocycles. The van der Waals surface area contributed by atoms with Crippen LogP contribution >= 0.6 is 0 Å². The minimum atomic E-state index is -0.467. The van der Waals surface area contributed by atoms with Crippen LogP contribution in [0, 0.1) is 10.8 Å². The van der Waals surface area contributed by atoms with Crippen LogP contribution in [0.25, 0.3) is 0 Å². The number of hydrogen-bond donors (Lipinski definition) is 4. The zero-order valence-corrected chi connectivity index (χ0v) is 17.1. The Kier molecular flexibility index (Phi) is 4.76. The number of ketones is 1. The minimum Gasteiger partial charge on any atom is -0.384 e. The molecule has 6 N–H and O–H groups in total. The molecule has 0 fully saturated rings. The monoisotopic (exact) mass is 410 g/mol. The molecule has 9 nitrogen and oxygen atoms in total. The molecule has 2 aliphatic heterocycles. The Morgan fingerprint density at radius 2 is 1.26 bits per heavy atom. The third-order valence-corrected chi connectivity index (χ3v) is 4.15. The van der Waals surface area contributed by atoms with Crippen LogP contribution in [0.2, 0.25) is 0 Å². The first-order chi connectivity index (χ1) is 12.4. The summed E-state index contributed by atoms with van der Waals surface area (Å²) in [6.45, 7) is 0. The molecule has 0 amide bonds. The molecule has 0 aromatic heterocycles. The van der Waals surface area contributed by atoms with Gasteiger partial charge >= 0.3 is 0 Å². The minimum absolute atomic E-state index is 0. The van der Waals surface area contributed by atoms with Crippen molar-refractivity contribution in [1.82, 2.24) is 0 Å². The van der Waals surface area contributed by atoms with Gasteiger partial charge in [0.15, 0.2) is 0 Å². The second kappa shape index (κ2) is 6.88. The van der Waals surface area contributed by atoms with E-state index in [0.717, 1.165) is 0 Å². The summed E-state index contributed by atoms with van der Waals surface area (Å²) in [6, 6.07) is -0.726. The average molecular weight is 412 g/mol. The molecule has 2 atom stereocenters. The number of nitrogens with two attached hydrogens (primary N) is 2. The van der Waals surface area contributed by atoms with Gasteiger partial charge in [0.1, 0.15) is 23.8 Å². The Labute approximate surface area is 166 Å². The summed E-state index contributed by atoms with van der Waals surface area (Å²) in [5, 5.41) is 15.0. The standard InChI is InChI=1S/C17H14N8O.Zn/c18-14(19)7-1-3-9-11(5-7)24-16(22-9)13(26)17-23-10-4-2-8(15(20)21)6-12(10)25-17;/h1-6,9-10H,(H3,18,19)(H3,20,21);. The van der Waals surface area contributed by atoms with Crippen molar-refractivity contribution in [2.45, 2.75) is 12.1 Å². The van der Waals surface area contributed by atoms with Crippen molar-refractivity contribution in [3.63, 3.8) is 0 Å². The molecule has 4 rings (SSSR count). The van der Waals surface area contributed by atoms with Crippen LogP contribution in [-0.4, -0.2) is 52.6 Å². The number of nitrogens with one attached hydrogen (secondary N) is 2. The number of Topliss-reactive ketones (excluding diaryl/α,β-unsaturated/α-hetero) is 1. The second-order valence-corrected chi connectivity index (χ2v) is 5.94. The first-order valence-corrected chi connectivity index (χ1v) is 7.78. The van der Waals surface area contributed by atoms with E-state index >= 15 is 0 Å². The maximum atomic E-state index is 12.7. The fraction of sp³-hybridized carbons (Fsp3) is 0.118. The number of carbonyl (C=O) groups excluding carboxylic acids is 1. The predicted octanol–water partition coefficient (Wildman–Crippen LogP) is -0.139. The molecule has 2 heterocycles. The van der Waals surface area contributed by atoms with E-state index in [-0.39, 0.29) is 54.9 Å². The SMILES string of the molecule is N=C(N)C1=CC2=NC(C(=O)C3=NC4C=CC(C(=N)N)=CC4=N3)=NC2C=C1.[Zn]. The first kappa shape index (κ1) is 18.7. The smallest absolute Gasteiger partial charge is 0.266 e. The van der Waals surface area contributed by atoms with Crippen LogP contribution in [0.1, 0.15) is 0 Å². The summed E-state index contributed by atoms with van der Waals surface area (Å²) in [5.74, 6) is -0.559. The van der Waals surface area contributed by atoms with Gasteiger partial charge in [-0.3, -0.25) is 15.6 Å². The van der Waals surface area contributed by atoms with Gasteiger partial charge in [0, 0.05) is 30.6 Å². The van der Waals surface area contributed by atoms with E-state index < -0.39 is 5.78 Å². The second-order valence-electron chi connectivity index (χ2n) is 5.94. The van der Waals surface area contributed by atoms with E-state index in [9.17, 15) is 4.79 Å². The topological polar surface area (TPSA) is 166 Å². The van der Waals surface area contributed by atoms with Crippen LogP contribution in [0.4, 0.5) is 0 Å². The van der Waals surface area contributed by atoms with Crippen LogP contribution in [0.3, 0.4) is 0 Å². The number of hydrogen-bond acceptors (Lipinski definition) is 7. The molecule has 10 heteroatoms. The van der Waals surface area contributed by atoms with Crippen molar-refractivity contribution in [3.8, 4) is 0 Å². The summed E-state index contributed by atoms with van der Waals surface area (Å²) >= 11 is 0. The van der Waals surface area contributed by atoms with Crippen LogP contribution in [0.15, 0.2) is 67.6 Å². The van der Waals surface area contributed by atoms with Gasteiger partial charge in [-0.2, -0.15) is 0 Å².